The van der Waals surface area contributed by atoms with E-state index in [-0.39, 0.29) is 17.1 Å². The van der Waals surface area contributed by atoms with Crippen LogP contribution in [-0.4, -0.2) is 31.2 Å². The smallest absolute Gasteiger partial charge is 0.332 e. The molecule has 0 aliphatic rings. The number of benzene rings is 1. The Morgan fingerprint density at radius 2 is 1.93 bits per heavy atom. The molecule has 0 saturated carbocycles. The van der Waals surface area contributed by atoms with Gasteiger partial charge in [0.2, 0.25) is 5.91 Å². The van der Waals surface area contributed by atoms with Crippen LogP contribution >= 0.6 is 0 Å². The van der Waals surface area contributed by atoms with Crippen molar-refractivity contribution in [3.63, 3.8) is 0 Å². The Balaban J connectivity index is 2.00. The summed E-state index contributed by atoms with van der Waals surface area (Å²) < 4.78 is 9.26. The van der Waals surface area contributed by atoms with E-state index >= 15 is 0 Å². The zero-order valence-corrected chi connectivity index (χ0v) is 15.6. The van der Waals surface area contributed by atoms with Crippen LogP contribution in [0.1, 0.15) is 19.9 Å². The third-order valence-corrected chi connectivity index (χ3v) is 4.41. The van der Waals surface area contributed by atoms with Crippen LogP contribution in [0.5, 0.6) is 5.75 Å². The molecule has 2 aromatic heterocycles. The Labute approximate surface area is 154 Å². The van der Waals surface area contributed by atoms with E-state index in [4.69, 9.17) is 4.74 Å². The number of hydrogen-bond acceptors (Lipinski definition) is 5. The highest BCUT2D eigenvalue weighted by atomic mass is 16.5. The second-order valence-electron chi connectivity index (χ2n) is 6.12. The monoisotopic (exact) mass is 371 g/mol. The number of hydrogen-bond donors (Lipinski definition) is 1. The fourth-order valence-electron chi connectivity index (χ4n) is 2.87. The first-order valence-electron chi connectivity index (χ1n) is 8.52. The number of fused-ring (bicyclic) bond motifs is 1. The lowest BCUT2D eigenvalue weighted by atomic mass is 10.2. The van der Waals surface area contributed by atoms with E-state index in [0.717, 1.165) is 4.57 Å². The Morgan fingerprint density at radius 3 is 2.63 bits per heavy atom. The number of aryl methyl sites for hydroxylation is 1. The second-order valence-corrected chi connectivity index (χ2v) is 6.12. The number of ether oxygens (including phenoxy) is 1. The Bertz CT molecular complexity index is 1120. The highest BCUT2D eigenvalue weighted by molar-refractivity contribution is 5.95. The van der Waals surface area contributed by atoms with Crippen molar-refractivity contribution in [2.24, 2.45) is 14.1 Å². The van der Waals surface area contributed by atoms with Crippen LogP contribution < -0.4 is 21.3 Å². The molecule has 0 spiro atoms. The van der Waals surface area contributed by atoms with Crippen LogP contribution in [0, 0.1) is 0 Å². The Morgan fingerprint density at radius 1 is 1.22 bits per heavy atom. The maximum absolute atomic E-state index is 12.8. The van der Waals surface area contributed by atoms with Crippen molar-refractivity contribution in [2.75, 3.05) is 11.9 Å². The molecule has 27 heavy (non-hydrogen) atoms. The average Bonchev–Trinajstić information content (AvgIpc) is 3.11. The van der Waals surface area contributed by atoms with Gasteiger partial charge in [-0.25, -0.2) is 9.78 Å². The van der Waals surface area contributed by atoms with Gasteiger partial charge >= 0.3 is 5.69 Å². The predicted octanol–water partition coefficient (Wildman–Crippen LogP) is 1.03. The highest BCUT2D eigenvalue weighted by Gasteiger charge is 2.22. The normalized spacial score (nSPS) is 12.1. The molecular weight excluding hydrogens is 350 g/mol. The summed E-state index contributed by atoms with van der Waals surface area (Å²) in [7, 11) is 2.93. The van der Waals surface area contributed by atoms with E-state index in [0.29, 0.717) is 18.0 Å². The van der Waals surface area contributed by atoms with Crippen molar-refractivity contribution in [3.05, 3.63) is 51.4 Å². The molecule has 0 aliphatic carbocycles. The summed E-state index contributed by atoms with van der Waals surface area (Å²) >= 11 is 0. The quantitative estimate of drug-likeness (QED) is 0.722. The topological polar surface area (TPSA) is 100 Å². The van der Waals surface area contributed by atoms with E-state index in [9.17, 15) is 14.4 Å². The molecule has 9 nitrogen and oxygen atoms in total. The van der Waals surface area contributed by atoms with Crippen molar-refractivity contribution < 1.29 is 9.53 Å². The molecule has 9 heteroatoms. The predicted molar refractivity (Wildman–Crippen MR) is 101 cm³/mol. The number of para-hydroxylation sites is 2. The molecule has 0 bridgehead atoms. The maximum atomic E-state index is 12.8. The lowest BCUT2D eigenvalue weighted by molar-refractivity contribution is -0.118. The van der Waals surface area contributed by atoms with Crippen LogP contribution in [-0.2, 0) is 18.9 Å². The van der Waals surface area contributed by atoms with Gasteiger partial charge in [-0.3, -0.25) is 18.7 Å². The van der Waals surface area contributed by atoms with E-state index < -0.39 is 17.3 Å². The van der Waals surface area contributed by atoms with Gasteiger partial charge in [0.15, 0.2) is 11.2 Å². The van der Waals surface area contributed by atoms with E-state index in [2.05, 4.69) is 10.3 Å². The SMILES string of the molecule is CCOc1ccccc1NC(=O)[C@H](C)n1cnc2c1c(=O)n(C)c(=O)n2C. The number of carbonyl (C=O) groups is 1. The van der Waals surface area contributed by atoms with Gasteiger partial charge in [0, 0.05) is 14.1 Å². The summed E-state index contributed by atoms with van der Waals surface area (Å²) in [5.74, 6) is 0.228. The summed E-state index contributed by atoms with van der Waals surface area (Å²) in [5, 5.41) is 2.82. The first-order chi connectivity index (χ1) is 12.9. The first-order valence-corrected chi connectivity index (χ1v) is 8.52. The zero-order valence-electron chi connectivity index (χ0n) is 15.6. The molecule has 0 fully saturated rings. The standard InChI is InChI=1S/C18H21N5O4/c1-5-27-13-9-7-6-8-12(13)20-16(24)11(2)23-10-19-15-14(23)17(25)22(4)18(26)21(15)3/h6-11H,5H2,1-4H3,(H,20,24)/t11-/m0/s1. The van der Waals surface area contributed by atoms with Crippen molar-refractivity contribution in [1.82, 2.24) is 18.7 Å². The van der Waals surface area contributed by atoms with Crippen molar-refractivity contribution in [1.29, 1.82) is 0 Å². The molecule has 0 radical (unpaired) electrons. The minimum absolute atomic E-state index is 0.195. The fourth-order valence-corrected chi connectivity index (χ4v) is 2.87. The summed E-state index contributed by atoms with van der Waals surface area (Å²) in [6.07, 6.45) is 1.39. The van der Waals surface area contributed by atoms with Crippen molar-refractivity contribution >= 4 is 22.8 Å². The molecule has 0 saturated heterocycles. The van der Waals surface area contributed by atoms with Gasteiger partial charge in [0.1, 0.15) is 11.8 Å². The number of amides is 1. The molecule has 2 heterocycles. The molecule has 0 unspecified atom stereocenters. The molecule has 142 valence electrons. The molecule has 3 rings (SSSR count). The zero-order chi connectivity index (χ0) is 19.7. The highest BCUT2D eigenvalue weighted by Crippen LogP contribution is 2.25. The van der Waals surface area contributed by atoms with Crippen LogP contribution in [0.25, 0.3) is 11.2 Å². The third-order valence-electron chi connectivity index (χ3n) is 4.41. The van der Waals surface area contributed by atoms with Gasteiger partial charge in [-0.1, -0.05) is 12.1 Å². The molecule has 1 amide bonds. The summed E-state index contributed by atoms with van der Waals surface area (Å²) in [5.41, 5.74) is -0.000744. The van der Waals surface area contributed by atoms with Crippen LogP contribution in [0.4, 0.5) is 5.69 Å². The number of imidazole rings is 1. The van der Waals surface area contributed by atoms with Gasteiger partial charge in [0.25, 0.3) is 5.56 Å². The number of anilines is 1. The Kier molecular flexibility index (Phi) is 4.85. The average molecular weight is 371 g/mol. The van der Waals surface area contributed by atoms with Gasteiger partial charge in [-0.15, -0.1) is 0 Å². The lowest BCUT2D eigenvalue weighted by Gasteiger charge is -2.16. The summed E-state index contributed by atoms with van der Waals surface area (Å²) in [4.78, 5) is 41.5. The molecule has 1 N–H and O–H groups in total. The number of rotatable bonds is 5. The number of nitrogens with one attached hydrogen (secondary N) is 1. The van der Waals surface area contributed by atoms with Gasteiger partial charge in [0.05, 0.1) is 18.6 Å². The molecular formula is C18H21N5O4. The second kappa shape index (κ2) is 7.10. The minimum Gasteiger partial charge on any atom is -0.492 e. The number of carbonyl (C=O) groups excluding carboxylic acids is 1. The van der Waals surface area contributed by atoms with Gasteiger partial charge in [-0.05, 0) is 26.0 Å². The van der Waals surface area contributed by atoms with E-state index in [1.54, 1.807) is 25.1 Å². The number of aromatic nitrogens is 4. The molecule has 0 aliphatic heterocycles. The van der Waals surface area contributed by atoms with Crippen LogP contribution in [0.3, 0.4) is 0 Å². The van der Waals surface area contributed by atoms with E-state index in [1.165, 1.54) is 29.6 Å². The fraction of sp³-hybridized carbons (Fsp3) is 0.333. The summed E-state index contributed by atoms with van der Waals surface area (Å²) in [6, 6.07) is 6.39. The molecule has 1 aromatic carbocycles. The maximum Gasteiger partial charge on any atom is 0.332 e. The largest absolute Gasteiger partial charge is 0.492 e. The van der Waals surface area contributed by atoms with Gasteiger partial charge in [-0.2, -0.15) is 0 Å². The number of nitrogens with zero attached hydrogens (tertiary/aromatic N) is 4. The van der Waals surface area contributed by atoms with Crippen LogP contribution in [0.2, 0.25) is 0 Å². The summed E-state index contributed by atoms with van der Waals surface area (Å²) in [6.45, 7) is 3.99. The third kappa shape index (κ3) is 3.12. The van der Waals surface area contributed by atoms with Crippen LogP contribution in [0.15, 0.2) is 40.2 Å². The van der Waals surface area contributed by atoms with Gasteiger partial charge < -0.3 is 14.6 Å². The lowest BCUT2D eigenvalue weighted by Crippen LogP contribution is -2.38. The van der Waals surface area contributed by atoms with Crippen molar-refractivity contribution in [3.8, 4) is 5.75 Å². The molecule has 3 aromatic rings. The first kappa shape index (κ1) is 18.4. The molecule has 1 atom stereocenters. The van der Waals surface area contributed by atoms with E-state index in [1.807, 2.05) is 13.0 Å². The minimum atomic E-state index is -0.727. The Hall–Kier alpha value is -3.36. The van der Waals surface area contributed by atoms with Crippen molar-refractivity contribution in [2.45, 2.75) is 19.9 Å².